The third kappa shape index (κ3) is 5.08. The standard InChI is InChI=1S/C19H22N2O6S/c1-12-7-8-13(2)17(9-12)28(25,26)21-15-6-4-5-14(10-15)18(23)20-16(11-22)19(24)27-3/h4-10,16,21-22H,11H2,1-3H3,(H,20,23)/t16-/m0/s1. The smallest absolute Gasteiger partial charge is 0.330 e. The van der Waals surface area contributed by atoms with Gasteiger partial charge in [-0.2, -0.15) is 0 Å². The molecular weight excluding hydrogens is 384 g/mol. The van der Waals surface area contributed by atoms with Gasteiger partial charge in [-0.25, -0.2) is 13.2 Å². The van der Waals surface area contributed by atoms with E-state index >= 15 is 0 Å². The lowest BCUT2D eigenvalue weighted by Crippen LogP contribution is -2.44. The first-order chi connectivity index (χ1) is 13.2. The summed E-state index contributed by atoms with van der Waals surface area (Å²) in [5.41, 5.74) is 1.70. The number of benzene rings is 2. The Balaban J connectivity index is 2.24. The van der Waals surface area contributed by atoms with Gasteiger partial charge in [-0.15, -0.1) is 0 Å². The zero-order valence-corrected chi connectivity index (χ0v) is 16.5. The molecule has 0 unspecified atom stereocenters. The number of hydrogen-bond acceptors (Lipinski definition) is 6. The van der Waals surface area contributed by atoms with Crippen LogP contribution in [0.4, 0.5) is 5.69 Å². The van der Waals surface area contributed by atoms with E-state index in [-0.39, 0.29) is 16.1 Å². The maximum Gasteiger partial charge on any atom is 0.330 e. The third-order valence-electron chi connectivity index (χ3n) is 3.98. The Morgan fingerprint density at radius 1 is 1.14 bits per heavy atom. The molecule has 150 valence electrons. The molecule has 2 aromatic carbocycles. The number of ether oxygens (including phenoxy) is 1. The van der Waals surface area contributed by atoms with E-state index in [0.29, 0.717) is 5.56 Å². The zero-order valence-electron chi connectivity index (χ0n) is 15.7. The van der Waals surface area contributed by atoms with Gasteiger partial charge >= 0.3 is 5.97 Å². The number of nitrogens with one attached hydrogen (secondary N) is 2. The van der Waals surface area contributed by atoms with Gasteiger partial charge in [0.05, 0.1) is 18.6 Å². The highest BCUT2D eigenvalue weighted by atomic mass is 32.2. The molecule has 2 aromatic rings. The van der Waals surface area contributed by atoms with E-state index < -0.39 is 34.5 Å². The van der Waals surface area contributed by atoms with Crippen LogP contribution in [0.1, 0.15) is 21.5 Å². The summed E-state index contributed by atoms with van der Waals surface area (Å²) in [6.45, 7) is 2.86. The monoisotopic (exact) mass is 406 g/mol. The number of carbonyl (C=O) groups excluding carboxylic acids is 2. The molecule has 28 heavy (non-hydrogen) atoms. The van der Waals surface area contributed by atoms with Crippen LogP contribution in [0.3, 0.4) is 0 Å². The van der Waals surface area contributed by atoms with Gasteiger partial charge in [0.1, 0.15) is 0 Å². The average molecular weight is 406 g/mol. The van der Waals surface area contributed by atoms with Crippen LogP contribution in [0.25, 0.3) is 0 Å². The van der Waals surface area contributed by atoms with E-state index in [4.69, 9.17) is 0 Å². The Labute approximate surface area is 163 Å². The summed E-state index contributed by atoms with van der Waals surface area (Å²) in [4.78, 5) is 24.0. The maximum absolute atomic E-state index is 12.7. The van der Waals surface area contributed by atoms with Gasteiger partial charge in [0.15, 0.2) is 6.04 Å². The number of esters is 1. The summed E-state index contributed by atoms with van der Waals surface area (Å²) in [7, 11) is -2.71. The predicted molar refractivity (Wildman–Crippen MR) is 104 cm³/mol. The highest BCUT2D eigenvalue weighted by Crippen LogP contribution is 2.21. The van der Waals surface area contributed by atoms with Gasteiger partial charge in [-0.1, -0.05) is 18.2 Å². The first-order valence-corrected chi connectivity index (χ1v) is 9.86. The molecule has 0 aromatic heterocycles. The first kappa shape index (κ1) is 21.4. The quantitative estimate of drug-likeness (QED) is 0.597. The number of anilines is 1. The highest BCUT2D eigenvalue weighted by molar-refractivity contribution is 7.92. The molecule has 0 saturated heterocycles. The molecule has 9 heteroatoms. The maximum atomic E-state index is 12.7. The van der Waals surface area contributed by atoms with Crippen molar-refractivity contribution in [1.29, 1.82) is 0 Å². The topological polar surface area (TPSA) is 122 Å². The van der Waals surface area contributed by atoms with Crippen molar-refractivity contribution in [2.75, 3.05) is 18.4 Å². The molecule has 3 N–H and O–H groups in total. The van der Waals surface area contributed by atoms with Crippen LogP contribution in [-0.2, 0) is 19.6 Å². The SMILES string of the molecule is COC(=O)[C@H](CO)NC(=O)c1cccc(NS(=O)(=O)c2cc(C)ccc2C)c1. The molecular formula is C19H22N2O6S. The molecule has 0 aliphatic rings. The first-order valence-electron chi connectivity index (χ1n) is 8.37. The fourth-order valence-corrected chi connectivity index (χ4v) is 3.87. The molecule has 8 nitrogen and oxygen atoms in total. The minimum absolute atomic E-state index is 0.114. The van der Waals surface area contributed by atoms with Crippen molar-refractivity contribution < 1.29 is 27.9 Å². The van der Waals surface area contributed by atoms with Crippen molar-refractivity contribution in [1.82, 2.24) is 5.32 Å². The van der Waals surface area contributed by atoms with Gasteiger partial charge in [0.2, 0.25) is 0 Å². The van der Waals surface area contributed by atoms with Crippen molar-refractivity contribution >= 4 is 27.6 Å². The molecule has 0 aliphatic carbocycles. The minimum Gasteiger partial charge on any atom is -0.467 e. The van der Waals surface area contributed by atoms with E-state index in [0.717, 1.165) is 12.7 Å². The van der Waals surface area contributed by atoms with Crippen LogP contribution in [-0.4, -0.2) is 45.2 Å². The predicted octanol–water partition coefficient (Wildman–Crippen LogP) is 1.37. The Morgan fingerprint density at radius 2 is 1.86 bits per heavy atom. The van der Waals surface area contributed by atoms with Crippen molar-refractivity contribution in [2.24, 2.45) is 0 Å². The molecule has 0 radical (unpaired) electrons. The fourth-order valence-electron chi connectivity index (χ4n) is 2.49. The Bertz CT molecular complexity index is 988. The number of rotatable bonds is 7. The van der Waals surface area contributed by atoms with E-state index in [1.165, 1.54) is 24.3 Å². The third-order valence-corrected chi connectivity index (χ3v) is 5.51. The molecule has 0 bridgehead atoms. The van der Waals surface area contributed by atoms with E-state index in [2.05, 4.69) is 14.8 Å². The number of hydrogen-bond donors (Lipinski definition) is 3. The van der Waals surface area contributed by atoms with Crippen LogP contribution in [0.2, 0.25) is 0 Å². The second kappa shape index (κ2) is 8.85. The number of aliphatic hydroxyl groups excluding tert-OH is 1. The van der Waals surface area contributed by atoms with Crippen LogP contribution in [0.5, 0.6) is 0 Å². The van der Waals surface area contributed by atoms with Crippen LogP contribution in [0.15, 0.2) is 47.4 Å². The lowest BCUT2D eigenvalue weighted by molar-refractivity contribution is -0.143. The van der Waals surface area contributed by atoms with E-state index in [1.807, 2.05) is 6.07 Å². The van der Waals surface area contributed by atoms with Gasteiger partial charge in [-0.05, 0) is 49.2 Å². The summed E-state index contributed by atoms with van der Waals surface area (Å²) in [6, 6.07) is 9.68. The Hall–Kier alpha value is -2.91. The second-order valence-corrected chi connectivity index (χ2v) is 7.84. The summed E-state index contributed by atoms with van der Waals surface area (Å²) < 4.78 is 32.3. The van der Waals surface area contributed by atoms with Crippen LogP contribution >= 0.6 is 0 Å². The summed E-state index contributed by atoms with van der Waals surface area (Å²) in [6.07, 6.45) is 0. The molecule has 0 aliphatic heterocycles. The van der Waals surface area contributed by atoms with Gasteiger partial charge in [-0.3, -0.25) is 9.52 Å². The Kier molecular flexibility index (Phi) is 6.76. The van der Waals surface area contributed by atoms with E-state index in [1.54, 1.807) is 26.0 Å². The summed E-state index contributed by atoms with van der Waals surface area (Å²) >= 11 is 0. The van der Waals surface area contributed by atoms with Crippen molar-refractivity contribution in [3.63, 3.8) is 0 Å². The number of sulfonamides is 1. The highest BCUT2D eigenvalue weighted by Gasteiger charge is 2.22. The van der Waals surface area contributed by atoms with Gasteiger partial charge in [0, 0.05) is 11.3 Å². The van der Waals surface area contributed by atoms with Crippen molar-refractivity contribution in [3.05, 3.63) is 59.2 Å². The van der Waals surface area contributed by atoms with Crippen molar-refractivity contribution in [2.45, 2.75) is 24.8 Å². The lowest BCUT2D eigenvalue weighted by Gasteiger charge is -2.15. The lowest BCUT2D eigenvalue weighted by atomic mass is 10.2. The molecule has 1 amide bonds. The molecule has 0 fully saturated rings. The zero-order chi connectivity index (χ0) is 20.9. The molecule has 0 spiro atoms. The van der Waals surface area contributed by atoms with Gasteiger partial charge in [0.25, 0.3) is 15.9 Å². The average Bonchev–Trinajstić information content (AvgIpc) is 2.66. The minimum atomic E-state index is -3.85. The number of carbonyl (C=O) groups is 2. The Morgan fingerprint density at radius 3 is 2.50 bits per heavy atom. The molecule has 0 heterocycles. The summed E-state index contributed by atoms with van der Waals surface area (Å²) in [5.74, 6) is -1.44. The number of aliphatic hydroxyl groups is 1. The van der Waals surface area contributed by atoms with Gasteiger partial charge < -0.3 is 15.2 Å². The summed E-state index contributed by atoms with van der Waals surface area (Å²) in [5, 5.41) is 11.5. The fraction of sp³-hybridized carbons (Fsp3) is 0.263. The normalized spacial score (nSPS) is 12.1. The largest absolute Gasteiger partial charge is 0.467 e. The van der Waals surface area contributed by atoms with Crippen LogP contribution in [0, 0.1) is 13.8 Å². The number of amides is 1. The van der Waals surface area contributed by atoms with Crippen molar-refractivity contribution in [3.8, 4) is 0 Å². The number of aryl methyl sites for hydroxylation is 2. The molecule has 0 saturated carbocycles. The van der Waals surface area contributed by atoms with Crippen LogP contribution < -0.4 is 10.0 Å². The molecule has 2 rings (SSSR count). The van der Waals surface area contributed by atoms with E-state index in [9.17, 15) is 23.1 Å². The second-order valence-electron chi connectivity index (χ2n) is 6.19. The molecule has 1 atom stereocenters. The number of methoxy groups -OCH3 is 1.